The van der Waals surface area contributed by atoms with Crippen LogP contribution < -0.4 is 10.0 Å². The fourth-order valence-corrected chi connectivity index (χ4v) is 5.53. The van der Waals surface area contributed by atoms with E-state index in [-0.39, 0.29) is 33.4 Å². The quantitative estimate of drug-likeness (QED) is 0.288. The van der Waals surface area contributed by atoms with Gasteiger partial charge in [-0.3, -0.25) is 0 Å². The van der Waals surface area contributed by atoms with Crippen LogP contribution in [0.15, 0.2) is 82.6 Å². The first-order chi connectivity index (χ1) is 17.5. The molecule has 0 unspecified atom stereocenters. The lowest BCUT2D eigenvalue weighted by molar-refractivity contribution is 0.0500. The number of unbranched alkanes of at least 4 members (excludes halogenated alkanes) is 1. The van der Waals surface area contributed by atoms with Gasteiger partial charge in [-0.25, -0.2) is 31.1 Å². The number of carbonyl (C=O) groups is 2. The van der Waals surface area contributed by atoms with Crippen molar-refractivity contribution in [3.05, 3.63) is 89.5 Å². The highest BCUT2D eigenvalue weighted by Crippen LogP contribution is 2.15. The number of ether oxygens (including phenoxy) is 1. The standard InChI is InChI=1S/C26H28N2O7S2/c1-19-5-13-23(14-6-19)36(31,32)18-4-3-17-35-25(29)21-9-11-22(12-10-21)27-26(30)28-37(33,34)24-15-7-20(2)8-16-24/h5-16H,3-4,17-18H2,1-2H3,(H2,27,28,30). The first-order valence-corrected chi connectivity index (χ1v) is 14.6. The van der Waals surface area contributed by atoms with E-state index in [0.717, 1.165) is 11.1 Å². The summed E-state index contributed by atoms with van der Waals surface area (Å²) >= 11 is 0. The van der Waals surface area contributed by atoms with Crippen LogP contribution in [-0.2, 0) is 24.6 Å². The number of aryl methyl sites for hydroxylation is 2. The van der Waals surface area contributed by atoms with E-state index in [4.69, 9.17) is 4.74 Å². The Labute approximate surface area is 216 Å². The molecule has 2 N–H and O–H groups in total. The molecule has 0 aliphatic heterocycles. The van der Waals surface area contributed by atoms with E-state index in [2.05, 4.69) is 5.32 Å². The predicted octanol–water partition coefficient (Wildman–Crippen LogP) is 4.22. The minimum Gasteiger partial charge on any atom is -0.462 e. The van der Waals surface area contributed by atoms with Crippen molar-refractivity contribution in [3.8, 4) is 0 Å². The second-order valence-corrected chi connectivity index (χ2v) is 12.2. The lowest BCUT2D eigenvalue weighted by Crippen LogP contribution is -2.34. The number of hydrogen-bond acceptors (Lipinski definition) is 7. The Balaban J connectivity index is 1.43. The molecule has 37 heavy (non-hydrogen) atoms. The maximum absolute atomic E-state index is 12.4. The first-order valence-electron chi connectivity index (χ1n) is 11.4. The van der Waals surface area contributed by atoms with E-state index < -0.39 is 31.9 Å². The molecule has 3 aromatic rings. The molecule has 0 aliphatic rings. The van der Waals surface area contributed by atoms with Gasteiger partial charge in [0.1, 0.15) is 0 Å². The SMILES string of the molecule is Cc1ccc(S(=O)(=O)CCCCOC(=O)c2ccc(NC(=O)NS(=O)(=O)c3ccc(C)cc3)cc2)cc1. The Morgan fingerprint density at radius 1 is 0.730 bits per heavy atom. The average Bonchev–Trinajstić information content (AvgIpc) is 2.84. The summed E-state index contributed by atoms with van der Waals surface area (Å²) in [5, 5.41) is 2.40. The number of sulfonamides is 1. The van der Waals surface area contributed by atoms with E-state index in [1.807, 2.05) is 18.6 Å². The molecule has 0 atom stereocenters. The number of esters is 1. The fraction of sp³-hybridized carbons (Fsp3) is 0.231. The number of benzene rings is 3. The van der Waals surface area contributed by atoms with E-state index in [0.29, 0.717) is 12.8 Å². The topological polar surface area (TPSA) is 136 Å². The molecule has 2 amide bonds. The number of carbonyl (C=O) groups excluding carboxylic acids is 2. The number of hydrogen-bond donors (Lipinski definition) is 2. The molecular weight excluding hydrogens is 516 g/mol. The summed E-state index contributed by atoms with van der Waals surface area (Å²) < 4.78 is 56.5. The van der Waals surface area contributed by atoms with Crippen molar-refractivity contribution in [2.45, 2.75) is 36.5 Å². The van der Waals surface area contributed by atoms with Gasteiger partial charge in [-0.2, -0.15) is 0 Å². The molecule has 0 saturated carbocycles. The van der Waals surface area contributed by atoms with E-state index >= 15 is 0 Å². The second kappa shape index (κ2) is 12.0. The predicted molar refractivity (Wildman–Crippen MR) is 140 cm³/mol. The molecule has 0 fully saturated rings. The zero-order chi connectivity index (χ0) is 27.1. The molecule has 0 heterocycles. The maximum atomic E-state index is 12.4. The van der Waals surface area contributed by atoms with E-state index in [1.165, 1.54) is 36.4 Å². The first kappa shape index (κ1) is 27.9. The number of sulfone groups is 1. The molecule has 11 heteroatoms. The van der Waals surface area contributed by atoms with Crippen molar-refractivity contribution < 1.29 is 31.2 Å². The van der Waals surface area contributed by atoms with Crippen LogP contribution in [0.2, 0.25) is 0 Å². The molecule has 3 aromatic carbocycles. The molecule has 0 radical (unpaired) electrons. The highest BCUT2D eigenvalue weighted by atomic mass is 32.2. The third-order valence-electron chi connectivity index (χ3n) is 5.36. The van der Waals surface area contributed by atoms with Gasteiger partial charge in [0.15, 0.2) is 9.84 Å². The maximum Gasteiger partial charge on any atom is 0.338 e. The van der Waals surface area contributed by atoms with Crippen LogP contribution >= 0.6 is 0 Å². The van der Waals surface area contributed by atoms with Crippen molar-refractivity contribution in [2.24, 2.45) is 0 Å². The van der Waals surface area contributed by atoms with Gasteiger partial charge in [0.25, 0.3) is 10.0 Å². The number of amides is 2. The van der Waals surface area contributed by atoms with Crippen LogP contribution in [0.25, 0.3) is 0 Å². The van der Waals surface area contributed by atoms with Gasteiger partial charge in [-0.1, -0.05) is 35.4 Å². The van der Waals surface area contributed by atoms with Crippen LogP contribution in [0.3, 0.4) is 0 Å². The van der Waals surface area contributed by atoms with Gasteiger partial charge in [0.05, 0.1) is 27.7 Å². The van der Waals surface area contributed by atoms with Crippen molar-refractivity contribution in [2.75, 3.05) is 17.7 Å². The van der Waals surface area contributed by atoms with E-state index in [1.54, 1.807) is 36.4 Å². The molecule has 0 spiro atoms. The molecule has 0 bridgehead atoms. The van der Waals surface area contributed by atoms with Gasteiger partial charge >= 0.3 is 12.0 Å². The van der Waals surface area contributed by atoms with Crippen LogP contribution in [0.5, 0.6) is 0 Å². The average molecular weight is 545 g/mol. The Kier molecular flexibility index (Phi) is 9.06. The summed E-state index contributed by atoms with van der Waals surface area (Å²) in [6, 6.07) is 17.5. The Bertz CT molecular complexity index is 1450. The summed E-state index contributed by atoms with van der Waals surface area (Å²) in [5.41, 5.74) is 2.36. The lowest BCUT2D eigenvalue weighted by Gasteiger charge is -2.10. The minimum absolute atomic E-state index is 0.0425. The molecular formula is C26H28N2O7S2. The Morgan fingerprint density at radius 3 is 1.84 bits per heavy atom. The van der Waals surface area contributed by atoms with E-state index in [9.17, 15) is 26.4 Å². The third kappa shape index (κ3) is 8.16. The fourth-order valence-electron chi connectivity index (χ4n) is 3.25. The monoisotopic (exact) mass is 544 g/mol. The van der Waals surface area contributed by atoms with Gasteiger partial charge in [-0.15, -0.1) is 0 Å². The normalized spacial score (nSPS) is 11.5. The third-order valence-corrected chi connectivity index (χ3v) is 8.52. The van der Waals surface area contributed by atoms with Crippen molar-refractivity contribution in [3.63, 3.8) is 0 Å². The second-order valence-electron chi connectivity index (χ2n) is 8.42. The van der Waals surface area contributed by atoms with Gasteiger partial charge < -0.3 is 10.1 Å². The summed E-state index contributed by atoms with van der Waals surface area (Å²) in [6.07, 6.45) is 0.721. The zero-order valence-corrected chi connectivity index (χ0v) is 22.1. The minimum atomic E-state index is -4.03. The largest absolute Gasteiger partial charge is 0.462 e. The molecule has 0 saturated heterocycles. The number of anilines is 1. The van der Waals surface area contributed by atoms with Crippen LogP contribution in [0.4, 0.5) is 10.5 Å². The highest BCUT2D eigenvalue weighted by Gasteiger charge is 2.18. The van der Waals surface area contributed by atoms with Crippen LogP contribution in [0, 0.1) is 13.8 Å². The van der Waals surface area contributed by atoms with Crippen molar-refractivity contribution in [1.82, 2.24) is 4.72 Å². The van der Waals surface area contributed by atoms with Gasteiger partial charge in [0, 0.05) is 5.69 Å². The molecule has 196 valence electrons. The Morgan fingerprint density at radius 2 is 1.27 bits per heavy atom. The molecule has 0 aromatic heterocycles. The Hall–Kier alpha value is -3.70. The summed E-state index contributed by atoms with van der Waals surface area (Å²) in [4.78, 5) is 24.6. The van der Waals surface area contributed by atoms with Gasteiger partial charge in [-0.05, 0) is 75.2 Å². The van der Waals surface area contributed by atoms with Crippen LogP contribution in [-0.4, -0.2) is 41.2 Å². The number of urea groups is 1. The van der Waals surface area contributed by atoms with Crippen molar-refractivity contribution in [1.29, 1.82) is 0 Å². The van der Waals surface area contributed by atoms with Gasteiger partial charge in [0.2, 0.25) is 0 Å². The number of rotatable bonds is 10. The molecule has 9 nitrogen and oxygen atoms in total. The van der Waals surface area contributed by atoms with Crippen molar-refractivity contribution >= 4 is 37.5 Å². The summed E-state index contributed by atoms with van der Waals surface area (Å²) in [6.45, 7) is 3.75. The highest BCUT2D eigenvalue weighted by molar-refractivity contribution is 7.91. The zero-order valence-electron chi connectivity index (χ0n) is 20.4. The lowest BCUT2D eigenvalue weighted by atomic mass is 10.2. The smallest absolute Gasteiger partial charge is 0.338 e. The number of nitrogens with one attached hydrogen (secondary N) is 2. The summed E-state index contributed by atoms with van der Waals surface area (Å²) in [7, 11) is -7.43. The molecule has 0 aliphatic carbocycles. The van der Waals surface area contributed by atoms with Crippen LogP contribution in [0.1, 0.15) is 34.3 Å². The summed E-state index contributed by atoms with van der Waals surface area (Å²) in [5.74, 6) is -0.644. The molecule has 3 rings (SSSR count).